The van der Waals surface area contributed by atoms with E-state index in [2.05, 4.69) is 72.8 Å². The third-order valence-electron chi connectivity index (χ3n) is 17.7. The predicted molar refractivity (Wildman–Crippen MR) is 386 cm³/mol. The highest BCUT2D eigenvalue weighted by atomic mass is 31.2. The molecular formula is C76H144O17P2. The summed E-state index contributed by atoms with van der Waals surface area (Å²) >= 11 is 0. The van der Waals surface area contributed by atoms with Crippen LogP contribution < -0.4 is 0 Å². The van der Waals surface area contributed by atoms with Gasteiger partial charge in [0.05, 0.1) is 26.4 Å². The average molecular weight is 1390 g/mol. The summed E-state index contributed by atoms with van der Waals surface area (Å²) in [4.78, 5) is 72.8. The van der Waals surface area contributed by atoms with Crippen molar-refractivity contribution in [2.45, 2.75) is 381 Å². The van der Waals surface area contributed by atoms with Gasteiger partial charge in [-0.2, -0.15) is 0 Å². The third kappa shape index (κ3) is 67.2. The van der Waals surface area contributed by atoms with Gasteiger partial charge in [-0.3, -0.25) is 37.3 Å². The number of esters is 4. The summed E-state index contributed by atoms with van der Waals surface area (Å²) in [5.74, 6) is 0.172. The van der Waals surface area contributed by atoms with Crippen molar-refractivity contribution in [3.05, 3.63) is 24.3 Å². The standard InChI is InChI=1S/C76H144O17P2/c1-8-11-12-13-14-15-16-17-18-22-25-28-37-45-52-59-76(81)93-72(64-87-74(79)58-51-44-39-32-33-40-47-54-67(4)5)66-91-95(84,85)89-62-70(77)61-88-94(82,83)90-65-71(63-86-73(78)57-50-43-36-31-30-35-42-49-56-69(7)10-3)92-75(80)60-53-46-38-29-26-23-20-19-21-24-27-34-41-48-55-68(6)9-2/h15-18,67-72,77H,8-14,19-66H2,1-7H3,(H,82,83)(H,84,85)/b16-15-,18-17-/t68?,69?,70?,71-,72-/m1/s1. The molecule has 0 amide bonds. The summed E-state index contributed by atoms with van der Waals surface area (Å²) in [6.45, 7) is 11.8. The maximum Gasteiger partial charge on any atom is 0.472 e. The first-order chi connectivity index (χ1) is 45.8. The van der Waals surface area contributed by atoms with Gasteiger partial charge in [0.15, 0.2) is 12.2 Å². The second kappa shape index (κ2) is 66.1. The molecule has 19 heteroatoms. The van der Waals surface area contributed by atoms with Crippen molar-refractivity contribution in [3.63, 3.8) is 0 Å². The summed E-state index contributed by atoms with van der Waals surface area (Å²) in [6, 6.07) is 0. The molecule has 0 saturated heterocycles. The van der Waals surface area contributed by atoms with E-state index in [-0.39, 0.29) is 25.7 Å². The van der Waals surface area contributed by atoms with E-state index in [0.717, 1.165) is 121 Å². The molecule has 7 atom stereocenters. The lowest BCUT2D eigenvalue weighted by molar-refractivity contribution is -0.161. The van der Waals surface area contributed by atoms with Gasteiger partial charge in [-0.05, 0) is 69.1 Å². The molecule has 0 aromatic rings. The van der Waals surface area contributed by atoms with E-state index in [9.17, 15) is 43.2 Å². The van der Waals surface area contributed by atoms with E-state index >= 15 is 0 Å². The van der Waals surface area contributed by atoms with Crippen LogP contribution in [0.4, 0.5) is 0 Å². The largest absolute Gasteiger partial charge is 0.472 e. The highest BCUT2D eigenvalue weighted by molar-refractivity contribution is 7.47. The van der Waals surface area contributed by atoms with Gasteiger partial charge in [-0.1, -0.05) is 310 Å². The van der Waals surface area contributed by atoms with Gasteiger partial charge in [-0.25, -0.2) is 9.13 Å². The van der Waals surface area contributed by atoms with Crippen LogP contribution in [0, 0.1) is 17.8 Å². The van der Waals surface area contributed by atoms with Crippen LogP contribution in [0.1, 0.15) is 363 Å². The van der Waals surface area contributed by atoms with Crippen LogP contribution in [0.2, 0.25) is 0 Å². The highest BCUT2D eigenvalue weighted by Gasteiger charge is 2.30. The summed E-state index contributed by atoms with van der Waals surface area (Å²) < 4.78 is 68.5. The number of phosphoric acid groups is 2. The lowest BCUT2D eigenvalue weighted by Crippen LogP contribution is -2.30. The van der Waals surface area contributed by atoms with Crippen LogP contribution >= 0.6 is 15.6 Å². The molecular weight excluding hydrogens is 1250 g/mol. The minimum atomic E-state index is -4.96. The fraction of sp³-hybridized carbons (Fsp3) is 0.895. The van der Waals surface area contributed by atoms with E-state index in [1.807, 2.05) is 0 Å². The smallest absolute Gasteiger partial charge is 0.462 e. The number of aliphatic hydroxyl groups is 1. The van der Waals surface area contributed by atoms with Crippen molar-refractivity contribution in [2.24, 2.45) is 17.8 Å². The van der Waals surface area contributed by atoms with Gasteiger partial charge in [0.25, 0.3) is 0 Å². The summed E-state index contributed by atoms with van der Waals surface area (Å²) in [5.41, 5.74) is 0. The fourth-order valence-corrected chi connectivity index (χ4v) is 12.6. The fourth-order valence-electron chi connectivity index (χ4n) is 11.0. The van der Waals surface area contributed by atoms with Crippen LogP contribution in [0.15, 0.2) is 24.3 Å². The summed E-state index contributed by atoms with van der Waals surface area (Å²) in [7, 11) is -9.93. The SMILES string of the molecule is CCCCCC/C=C\C=C/CCCCCCCC(=O)O[C@H](COC(=O)CCCCCCCCCC(C)C)COP(=O)(O)OCC(O)COP(=O)(O)OC[C@@H](COC(=O)CCCCCCCCCCC(C)CC)OC(=O)CCCCCCCCCCCCCCCCC(C)CC. The van der Waals surface area contributed by atoms with E-state index in [1.54, 1.807) is 0 Å². The number of ether oxygens (including phenoxy) is 4. The minimum absolute atomic E-state index is 0.0839. The minimum Gasteiger partial charge on any atom is -0.462 e. The molecule has 0 saturated carbocycles. The Labute approximate surface area is 580 Å². The van der Waals surface area contributed by atoms with Gasteiger partial charge in [0, 0.05) is 25.7 Å². The molecule has 0 spiro atoms. The number of carbonyl (C=O) groups excluding carboxylic acids is 4. The zero-order valence-corrected chi connectivity index (χ0v) is 63.4. The molecule has 0 aliphatic carbocycles. The number of aliphatic hydroxyl groups excluding tert-OH is 1. The number of unbranched alkanes of at least 4 members (excludes halogenated alkanes) is 35. The van der Waals surface area contributed by atoms with E-state index in [4.69, 9.17) is 37.0 Å². The molecule has 95 heavy (non-hydrogen) atoms. The summed E-state index contributed by atoms with van der Waals surface area (Å²) in [5, 5.41) is 10.6. The molecule has 0 radical (unpaired) electrons. The maximum atomic E-state index is 13.1. The number of hydrogen-bond acceptors (Lipinski definition) is 15. The molecule has 5 unspecified atom stereocenters. The number of carbonyl (C=O) groups is 4. The molecule has 0 bridgehead atoms. The highest BCUT2D eigenvalue weighted by Crippen LogP contribution is 2.45. The molecule has 0 fully saturated rings. The Hall–Kier alpha value is -2.46. The Morgan fingerprint density at radius 1 is 0.347 bits per heavy atom. The van der Waals surface area contributed by atoms with Crippen molar-refractivity contribution >= 4 is 39.5 Å². The number of allylic oxidation sites excluding steroid dienone is 4. The van der Waals surface area contributed by atoms with Crippen LogP contribution in [-0.2, 0) is 65.4 Å². The van der Waals surface area contributed by atoms with Crippen LogP contribution in [0.5, 0.6) is 0 Å². The first-order valence-corrected chi connectivity index (χ1v) is 41.7. The lowest BCUT2D eigenvalue weighted by Gasteiger charge is -2.21. The first-order valence-electron chi connectivity index (χ1n) is 38.7. The molecule has 0 aromatic heterocycles. The number of rotatable bonds is 72. The molecule has 3 N–H and O–H groups in total. The van der Waals surface area contributed by atoms with Gasteiger partial charge >= 0.3 is 39.5 Å². The van der Waals surface area contributed by atoms with Crippen molar-refractivity contribution in [2.75, 3.05) is 39.6 Å². The zero-order chi connectivity index (χ0) is 70.1. The lowest BCUT2D eigenvalue weighted by atomic mass is 9.99. The van der Waals surface area contributed by atoms with Gasteiger partial charge in [0.2, 0.25) is 0 Å². The van der Waals surface area contributed by atoms with E-state index in [0.29, 0.717) is 31.6 Å². The van der Waals surface area contributed by atoms with Crippen molar-refractivity contribution in [3.8, 4) is 0 Å². The molecule has 0 heterocycles. The Morgan fingerprint density at radius 3 is 0.937 bits per heavy atom. The van der Waals surface area contributed by atoms with Gasteiger partial charge in [0.1, 0.15) is 19.3 Å². The predicted octanol–water partition coefficient (Wildman–Crippen LogP) is 21.7. The van der Waals surface area contributed by atoms with E-state index in [1.165, 1.54) is 154 Å². The quantitative estimate of drug-likeness (QED) is 0.0169. The first kappa shape index (κ1) is 92.5. The average Bonchev–Trinajstić information content (AvgIpc) is 3.33. The molecule has 17 nitrogen and oxygen atoms in total. The van der Waals surface area contributed by atoms with Crippen LogP contribution in [0.25, 0.3) is 0 Å². The zero-order valence-electron chi connectivity index (χ0n) is 61.6. The summed E-state index contributed by atoms with van der Waals surface area (Å²) in [6.07, 6.45) is 54.9. The monoisotopic (exact) mass is 1390 g/mol. The van der Waals surface area contributed by atoms with Gasteiger partial charge in [-0.15, -0.1) is 0 Å². The van der Waals surface area contributed by atoms with Crippen molar-refractivity contribution in [1.29, 1.82) is 0 Å². The van der Waals surface area contributed by atoms with Gasteiger partial charge < -0.3 is 33.8 Å². The number of hydrogen-bond donors (Lipinski definition) is 3. The number of phosphoric ester groups is 2. The molecule has 0 aliphatic rings. The Morgan fingerprint density at radius 2 is 0.621 bits per heavy atom. The Balaban J connectivity index is 5.28. The second-order valence-electron chi connectivity index (χ2n) is 27.7. The molecule has 0 aromatic carbocycles. The Kier molecular flexibility index (Phi) is 64.4. The van der Waals surface area contributed by atoms with Crippen LogP contribution in [0.3, 0.4) is 0 Å². The van der Waals surface area contributed by atoms with Crippen molar-refractivity contribution in [1.82, 2.24) is 0 Å². The molecule has 560 valence electrons. The Bertz CT molecular complexity index is 1950. The topological polar surface area (TPSA) is 237 Å². The third-order valence-corrected chi connectivity index (χ3v) is 19.6. The van der Waals surface area contributed by atoms with Crippen LogP contribution in [-0.4, -0.2) is 96.7 Å². The normalized spacial score (nSPS) is 14.8. The molecule has 0 aliphatic heterocycles. The van der Waals surface area contributed by atoms with E-state index < -0.39 is 97.5 Å². The molecule has 0 rings (SSSR count). The second-order valence-corrected chi connectivity index (χ2v) is 30.6. The maximum absolute atomic E-state index is 13.1. The van der Waals surface area contributed by atoms with Crippen molar-refractivity contribution < 1.29 is 80.2 Å².